The van der Waals surface area contributed by atoms with Crippen molar-refractivity contribution in [2.24, 2.45) is 0 Å². The van der Waals surface area contributed by atoms with E-state index >= 15 is 0 Å². The number of aromatic nitrogens is 6. The summed E-state index contributed by atoms with van der Waals surface area (Å²) in [6.45, 7) is 4.01. The van der Waals surface area contributed by atoms with Crippen LogP contribution in [0.2, 0.25) is 0 Å². The number of aryl methyl sites for hydroxylation is 4. The van der Waals surface area contributed by atoms with Gasteiger partial charge in [-0.1, -0.05) is 36.4 Å². The molecule has 0 spiro atoms. The van der Waals surface area contributed by atoms with Crippen LogP contribution in [0.5, 0.6) is 0 Å². The summed E-state index contributed by atoms with van der Waals surface area (Å²) in [5.41, 5.74) is 11.0. The molecule has 0 amide bonds. The fourth-order valence-electron chi connectivity index (χ4n) is 5.96. The van der Waals surface area contributed by atoms with Gasteiger partial charge < -0.3 is 9.97 Å². The van der Waals surface area contributed by atoms with Gasteiger partial charge in [0.1, 0.15) is 17.2 Å². The first-order chi connectivity index (χ1) is 17.6. The molecule has 7 aromatic rings. The standard InChI is InChI=1S/C30H22N6/c1-15-33-25-10-9-21-20-6-3-17(13-19(20)5-8-22(21)26(25)34-15)18-4-7-23-24(14-18)27-29(32-12-11-31-27)30-28(23)35-16(2)36-30/h3-8,11-14H,9-10H2,1-2H3,(H,33,34)(H,35,36). The topological polar surface area (TPSA) is 83.1 Å². The van der Waals surface area contributed by atoms with E-state index in [1.807, 2.05) is 13.8 Å². The molecule has 6 nitrogen and oxygen atoms in total. The molecule has 0 aliphatic heterocycles. The molecule has 4 aromatic carbocycles. The number of aromatic amines is 2. The molecule has 0 saturated carbocycles. The Hall–Kier alpha value is -4.58. The Bertz CT molecular complexity index is 2030. The van der Waals surface area contributed by atoms with E-state index in [2.05, 4.69) is 63.5 Å². The van der Waals surface area contributed by atoms with Crippen molar-refractivity contribution in [3.63, 3.8) is 0 Å². The van der Waals surface area contributed by atoms with Crippen LogP contribution in [0.25, 0.3) is 66.0 Å². The number of nitrogens with zero attached hydrogens (tertiary/aromatic N) is 4. The SMILES string of the molecule is Cc1nc2c([nH]1)CCc1c-2ccc2cc(-c3ccc4c(c3)c3nccnc3c3[nH]c(C)nc43)ccc12. The number of H-pyrrole nitrogens is 2. The highest BCUT2D eigenvalue weighted by Gasteiger charge is 2.21. The fraction of sp³-hybridized carbons (Fsp3) is 0.133. The minimum atomic E-state index is 0.857. The summed E-state index contributed by atoms with van der Waals surface area (Å²) >= 11 is 0. The van der Waals surface area contributed by atoms with Crippen LogP contribution in [-0.4, -0.2) is 29.9 Å². The van der Waals surface area contributed by atoms with E-state index in [0.29, 0.717) is 0 Å². The Balaban J connectivity index is 1.32. The average molecular weight is 467 g/mol. The first-order valence-corrected chi connectivity index (χ1v) is 12.3. The van der Waals surface area contributed by atoms with Gasteiger partial charge >= 0.3 is 0 Å². The van der Waals surface area contributed by atoms with Crippen LogP contribution >= 0.6 is 0 Å². The highest BCUT2D eigenvalue weighted by Crippen LogP contribution is 2.39. The molecule has 1 aliphatic rings. The summed E-state index contributed by atoms with van der Waals surface area (Å²) in [4.78, 5) is 25.7. The first-order valence-electron chi connectivity index (χ1n) is 12.3. The lowest BCUT2D eigenvalue weighted by atomic mass is 9.87. The molecule has 2 N–H and O–H groups in total. The molecular formula is C30H22N6. The van der Waals surface area contributed by atoms with Crippen molar-refractivity contribution in [3.8, 4) is 22.4 Å². The molecule has 3 aromatic heterocycles. The van der Waals surface area contributed by atoms with Crippen molar-refractivity contribution in [1.29, 1.82) is 0 Å². The van der Waals surface area contributed by atoms with Crippen molar-refractivity contribution in [2.75, 3.05) is 0 Å². The lowest BCUT2D eigenvalue weighted by Crippen LogP contribution is -2.04. The summed E-state index contributed by atoms with van der Waals surface area (Å²) in [6.07, 6.45) is 5.53. The Labute approximate surface area is 206 Å². The molecule has 0 saturated heterocycles. The highest BCUT2D eigenvalue weighted by atomic mass is 14.9. The van der Waals surface area contributed by atoms with Gasteiger partial charge in [-0.3, -0.25) is 9.97 Å². The number of hydrogen-bond donors (Lipinski definition) is 2. The minimum Gasteiger partial charge on any atom is -0.346 e. The van der Waals surface area contributed by atoms with Gasteiger partial charge in [0, 0.05) is 34.4 Å². The number of rotatable bonds is 1. The van der Waals surface area contributed by atoms with Gasteiger partial charge in [-0.2, -0.15) is 0 Å². The van der Waals surface area contributed by atoms with Gasteiger partial charge in [-0.15, -0.1) is 0 Å². The third-order valence-electron chi connectivity index (χ3n) is 7.53. The van der Waals surface area contributed by atoms with Crippen molar-refractivity contribution >= 4 is 43.6 Å². The summed E-state index contributed by atoms with van der Waals surface area (Å²) < 4.78 is 0. The smallest absolute Gasteiger partial charge is 0.115 e. The van der Waals surface area contributed by atoms with Crippen molar-refractivity contribution < 1.29 is 0 Å². The van der Waals surface area contributed by atoms with E-state index in [4.69, 9.17) is 15.0 Å². The van der Waals surface area contributed by atoms with Crippen molar-refractivity contribution in [3.05, 3.63) is 83.8 Å². The monoisotopic (exact) mass is 466 g/mol. The van der Waals surface area contributed by atoms with Crippen LogP contribution in [-0.2, 0) is 12.8 Å². The molecule has 0 fully saturated rings. The zero-order valence-electron chi connectivity index (χ0n) is 20.0. The Morgan fingerprint density at radius 3 is 2.33 bits per heavy atom. The molecule has 8 rings (SSSR count). The van der Waals surface area contributed by atoms with Gasteiger partial charge in [0.15, 0.2) is 0 Å². The second-order valence-electron chi connectivity index (χ2n) is 9.74. The number of imidazole rings is 2. The third kappa shape index (κ3) is 2.67. The Morgan fingerprint density at radius 1 is 0.667 bits per heavy atom. The van der Waals surface area contributed by atoms with E-state index in [1.165, 1.54) is 33.2 Å². The zero-order valence-corrected chi connectivity index (χ0v) is 20.0. The lowest BCUT2D eigenvalue weighted by molar-refractivity contribution is 0.912. The molecule has 3 heterocycles. The molecule has 0 unspecified atom stereocenters. The molecule has 0 atom stereocenters. The third-order valence-corrected chi connectivity index (χ3v) is 7.53. The predicted molar refractivity (Wildman–Crippen MR) is 144 cm³/mol. The highest BCUT2D eigenvalue weighted by molar-refractivity contribution is 6.21. The van der Waals surface area contributed by atoms with Crippen LogP contribution in [0.1, 0.15) is 22.9 Å². The second kappa shape index (κ2) is 6.98. The largest absolute Gasteiger partial charge is 0.346 e. The summed E-state index contributed by atoms with van der Waals surface area (Å²) in [5, 5.41) is 4.73. The number of benzene rings is 4. The normalized spacial score (nSPS) is 13.1. The van der Waals surface area contributed by atoms with Crippen LogP contribution in [0.15, 0.2) is 60.9 Å². The maximum atomic E-state index is 4.77. The maximum Gasteiger partial charge on any atom is 0.115 e. The molecule has 6 heteroatoms. The zero-order chi connectivity index (χ0) is 24.0. The minimum absolute atomic E-state index is 0.857. The van der Waals surface area contributed by atoms with Crippen LogP contribution in [0, 0.1) is 13.8 Å². The number of nitrogens with one attached hydrogen (secondary N) is 2. The van der Waals surface area contributed by atoms with Gasteiger partial charge in [0.25, 0.3) is 0 Å². The maximum absolute atomic E-state index is 4.77. The number of fused-ring (bicyclic) bond motifs is 11. The van der Waals surface area contributed by atoms with E-state index in [9.17, 15) is 0 Å². The van der Waals surface area contributed by atoms with Gasteiger partial charge in [0.2, 0.25) is 0 Å². The van der Waals surface area contributed by atoms with Crippen molar-refractivity contribution in [2.45, 2.75) is 26.7 Å². The van der Waals surface area contributed by atoms with Crippen LogP contribution in [0.3, 0.4) is 0 Å². The van der Waals surface area contributed by atoms with Crippen LogP contribution < -0.4 is 0 Å². The quantitative estimate of drug-likeness (QED) is 0.268. The summed E-state index contributed by atoms with van der Waals surface area (Å²) in [5.74, 6) is 1.86. The van der Waals surface area contributed by atoms with Gasteiger partial charge in [0.05, 0.1) is 22.2 Å². The second-order valence-corrected chi connectivity index (χ2v) is 9.74. The molecular weight excluding hydrogens is 444 g/mol. The molecule has 0 bridgehead atoms. The Morgan fingerprint density at radius 2 is 1.44 bits per heavy atom. The van der Waals surface area contributed by atoms with Crippen molar-refractivity contribution in [1.82, 2.24) is 29.9 Å². The molecule has 36 heavy (non-hydrogen) atoms. The Kier molecular flexibility index (Phi) is 3.82. The number of hydrogen-bond acceptors (Lipinski definition) is 4. The first kappa shape index (κ1) is 19.7. The lowest BCUT2D eigenvalue weighted by Gasteiger charge is -2.18. The molecule has 1 aliphatic carbocycles. The average Bonchev–Trinajstić information content (AvgIpc) is 3.49. The van der Waals surface area contributed by atoms with E-state index in [-0.39, 0.29) is 0 Å². The predicted octanol–water partition coefficient (Wildman–Crippen LogP) is 6.59. The van der Waals surface area contributed by atoms with E-state index < -0.39 is 0 Å². The molecule has 0 radical (unpaired) electrons. The fourth-order valence-corrected chi connectivity index (χ4v) is 5.96. The van der Waals surface area contributed by atoms with Gasteiger partial charge in [-0.25, -0.2) is 9.97 Å². The summed E-state index contributed by atoms with van der Waals surface area (Å²) in [7, 11) is 0. The van der Waals surface area contributed by atoms with Crippen LogP contribution in [0.4, 0.5) is 0 Å². The van der Waals surface area contributed by atoms with E-state index in [0.717, 1.165) is 68.6 Å². The van der Waals surface area contributed by atoms with Gasteiger partial charge in [-0.05, 0) is 66.3 Å². The van der Waals surface area contributed by atoms with E-state index in [1.54, 1.807) is 12.4 Å². The molecule has 172 valence electrons. The summed E-state index contributed by atoms with van der Waals surface area (Å²) in [6, 6.07) is 17.9.